The molecule has 0 unspecified atom stereocenters. The maximum Gasteiger partial charge on any atom is 0.231 e. The van der Waals surface area contributed by atoms with Crippen LogP contribution in [0.15, 0.2) is 66.9 Å². The van der Waals surface area contributed by atoms with E-state index in [0.29, 0.717) is 0 Å². The molecule has 144 valence electrons. The lowest BCUT2D eigenvalue weighted by molar-refractivity contribution is -0.117. The number of carbonyl (C=O) groups excluding carboxylic acids is 1. The van der Waals surface area contributed by atoms with Crippen LogP contribution in [-0.4, -0.2) is 10.9 Å². The van der Waals surface area contributed by atoms with Crippen LogP contribution < -0.4 is 5.32 Å². The van der Waals surface area contributed by atoms with Gasteiger partial charge in [-0.25, -0.2) is 0 Å². The molecule has 1 atom stereocenters. The highest BCUT2D eigenvalue weighted by molar-refractivity contribution is 5.96. The summed E-state index contributed by atoms with van der Waals surface area (Å²) in [6.45, 7) is 6.21. The molecule has 0 bridgehead atoms. The molecule has 1 heterocycles. The number of aromatic nitrogens is 1. The molecule has 3 rings (SSSR count). The number of hydrogen-bond donors (Lipinski definition) is 1. The van der Waals surface area contributed by atoms with Gasteiger partial charge < -0.3 is 5.32 Å². The van der Waals surface area contributed by atoms with Gasteiger partial charge in [-0.05, 0) is 61.2 Å². The molecule has 0 aliphatic rings. The summed E-state index contributed by atoms with van der Waals surface area (Å²) in [5.41, 5.74) is 6.34. The molecule has 1 amide bonds. The van der Waals surface area contributed by atoms with E-state index >= 15 is 0 Å². The van der Waals surface area contributed by atoms with E-state index in [-0.39, 0.29) is 11.8 Å². The lowest BCUT2D eigenvalue weighted by Gasteiger charge is -2.18. The van der Waals surface area contributed by atoms with Crippen LogP contribution in [0.25, 0.3) is 11.1 Å². The average Bonchev–Trinajstić information content (AvgIpc) is 2.69. The second-order valence-electron chi connectivity index (χ2n) is 7.36. The Morgan fingerprint density at radius 1 is 1.00 bits per heavy atom. The molecule has 3 nitrogen and oxygen atoms in total. The molecule has 1 N–H and O–H groups in total. The van der Waals surface area contributed by atoms with Gasteiger partial charge in [0.2, 0.25) is 5.91 Å². The predicted molar refractivity (Wildman–Crippen MR) is 116 cm³/mol. The molecule has 28 heavy (non-hydrogen) atoms. The van der Waals surface area contributed by atoms with E-state index in [0.717, 1.165) is 47.3 Å². The molecule has 1 aromatic heterocycles. The molecule has 3 heteroatoms. The quantitative estimate of drug-likeness (QED) is 0.530. The molecule has 0 aliphatic carbocycles. The van der Waals surface area contributed by atoms with E-state index in [4.69, 9.17) is 0 Å². The van der Waals surface area contributed by atoms with Gasteiger partial charge in [0, 0.05) is 17.6 Å². The highest BCUT2D eigenvalue weighted by atomic mass is 16.1. The number of rotatable bonds is 7. The molecular weight excluding hydrogens is 344 g/mol. The maximum absolute atomic E-state index is 13.0. The first-order valence-corrected chi connectivity index (χ1v) is 9.97. The SMILES string of the molecule is CCCC[C@H](C(=O)Nc1ccc(-c2ccnc(C)c2)cc1)c1cccc(C)c1. The van der Waals surface area contributed by atoms with Crippen molar-refractivity contribution in [3.8, 4) is 11.1 Å². The van der Waals surface area contributed by atoms with Gasteiger partial charge in [0.05, 0.1) is 5.92 Å². The van der Waals surface area contributed by atoms with Crippen LogP contribution in [0.5, 0.6) is 0 Å². The van der Waals surface area contributed by atoms with Gasteiger partial charge in [0.15, 0.2) is 0 Å². The van der Waals surface area contributed by atoms with Crippen molar-refractivity contribution >= 4 is 11.6 Å². The van der Waals surface area contributed by atoms with Crippen molar-refractivity contribution in [1.82, 2.24) is 4.98 Å². The summed E-state index contributed by atoms with van der Waals surface area (Å²) in [6, 6.07) is 20.4. The van der Waals surface area contributed by atoms with Gasteiger partial charge in [-0.15, -0.1) is 0 Å². The number of anilines is 1. The molecule has 0 saturated carbocycles. The zero-order valence-corrected chi connectivity index (χ0v) is 16.9. The Bertz CT molecular complexity index is 931. The van der Waals surface area contributed by atoms with Gasteiger partial charge in [-0.1, -0.05) is 61.7 Å². The smallest absolute Gasteiger partial charge is 0.231 e. The molecule has 0 saturated heterocycles. The van der Waals surface area contributed by atoms with Crippen molar-refractivity contribution in [1.29, 1.82) is 0 Å². The third-order valence-electron chi connectivity index (χ3n) is 4.99. The Labute approximate surface area is 167 Å². The largest absolute Gasteiger partial charge is 0.326 e. The van der Waals surface area contributed by atoms with Crippen LogP contribution in [-0.2, 0) is 4.79 Å². The standard InChI is InChI=1S/C25H28N2O/c1-4-5-9-24(22-8-6-7-18(2)16-22)25(28)27-23-12-10-20(11-13-23)21-14-15-26-19(3)17-21/h6-8,10-17,24H,4-5,9H2,1-3H3,(H,27,28)/t24-/m0/s1. The summed E-state index contributed by atoms with van der Waals surface area (Å²) in [6.07, 6.45) is 4.79. The molecule has 2 aromatic carbocycles. The first kappa shape index (κ1) is 19.8. The zero-order chi connectivity index (χ0) is 19.9. The molecular formula is C25H28N2O. The number of nitrogens with zero attached hydrogens (tertiary/aromatic N) is 1. The fourth-order valence-electron chi connectivity index (χ4n) is 3.44. The number of carbonyl (C=O) groups is 1. The van der Waals surface area contributed by atoms with E-state index in [2.05, 4.69) is 48.4 Å². The van der Waals surface area contributed by atoms with Crippen molar-refractivity contribution in [2.75, 3.05) is 5.32 Å². The van der Waals surface area contributed by atoms with Crippen molar-refractivity contribution in [2.24, 2.45) is 0 Å². The van der Waals surface area contributed by atoms with Gasteiger partial charge in [-0.3, -0.25) is 9.78 Å². The lowest BCUT2D eigenvalue weighted by atomic mass is 9.91. The second-order valence-corrected chi connectivity index (χ2v) is 7.36. The van der Waals surface area contributed by atoms with Crippen LogP contribution in [0.2, 0.25) is 0 Å². The van der Waals surface area contributed by atoms with E-state index in [1.54, 1.807) is 0 Å². The van der Waals surface area contributed by atoms with Gasteiger partial charge in [-0.2, -0.15) is 0 Å². The van der Waals surface area contributed by atoms with Crippen LogP contribution in [0.3, 0.4) is 0 Å². The van der Waals surface area contributed by atoms with Crippen molar-refractivity contribution < 1.29 is 4.79 Å². The Hall–Kier alpha value is -2.94. The lowest BCUT2D eigenvalue weighted by Crippen LogP contribution is -2.21. The zero-order valence-electron chi connectivity index (χ0n) is 16.9. The van der Waals surface area contributed by atoms with Crippen molar-refractivity contribution in [3.05, 3.63) is 83.7 Å². The van der Waals surface area contributed by atoms with E-state index in [1.807, 2.05) is 49.5 Å². The van der Waals surface area contributed by atoms with Gasteiger partial charge in [0.25, 0.3) is 0 Å². The van der Waals surface area contributed by atoms with Crippen molar-refractivity contribution in [3.63, 3.8) is 0 Å². The van der Waals surface area contributed by atoms with Gasteiger partial charge >= 0.3 is 0 Å². The fourth-order valence-corrected chi connectivity index (χ4v) is 3.44. The first-order valence-electron chi connectivity index (χ1n) is 9.97. The maximum atomic E-state index is 13.0. The molecule has 0 aliphatic heterocycles. The first-order chi connectivity index (χ1) is 13.6. The number of nitrogens with one attached hydrogen (secondary N) is 1. The third kappa shape index (κ3) is 5.07. The summed E-state index contributed by atoms with van der Waals surface area (Å²) >= 11 is 0. The average molecular weight is 373 g/mol. The Morgan fingerprint density at radius 3 is 2.46 bits per heavy atom. The number of aryl methyl sites for hydroxylation is 2. The summed E-state index contributed by atoms with van der Waals surface area (Å²) < 4.78 is 0. The minimum atomic E-state index is -0.123. The Kier molecular flexibility index (Phi) is 6.59. The van der Waals surface area contributed by atoms with Crippen LogP contribution >= 0.6 is 0 Å². The number of pyridine rings is 1. The van der Waals surface area contributed by atoms with Gasteiger partial charge in [0.1, 0.15) is 0 Å². The van der Waals surface area contributed by atoms with Crippen LogP contribution in [0.4, 0.5) is 5.69 Å². The minimum Gasteiger partial charge on any atom is -0.326 e. The third-order valence-corrected chi connectivity index (χ3v) is 4.99. The Balaban J connectivity index is 1.75. The number of amides is 1. The molecule has 3 aromatic rings. The normalized spacial score (nSPS) is 11.8. The Morgan fingerprint density at radius 2 is 1.79 bits per heavy atom. The summed E-state index contributed by atoms with van der Waals surface area (Å²) in [5, 5.41) is 3.11. The number of unbranched alkanes of at least 4 members (excludes halogenated alkanes) is 1. The second kappa shape index (κ2) is 9.32. The molecule has 0 fully saturated rings. The monoisotopic (exact) mass is 372 g/mol. The minimum absolute atomic E-state index is 0.0616. The van der Waals surface area contributed by atoms with Crippen LogP contribution in [0, 0.1) is 13.8 Å². The molecule has 0 spiro atoms. The van der Waals surface area contributed by atoms with E-state index in [1.165, 1.54) is 5.56 Å². The van der Waals surface area contributed by atoms with E-state index < -0.39 is 0 Å². The molecule has 0 radical (unpaired) electrons. The summed E-state index contributed by atoms with van der Waals surface area (Å²) in [7, 11) is 0. The predicted octanol–water partition coefficient (Wildman–Crippen LogP) is 6.28. The summed E-state index contributed by atoms with van der Waals surface area (Å²) in [5.74, 6) is -0.0612. The number of benzene rings is 2. The van der Waals surface area contributed by atoms with E-state index in [9.17, 15) is 4.79 Å². The summed E-state index contributed by atoms with van der Waals surface area (Å²) in [4.78, 5) is 17.3. The van der Waals surface area contributed by atoms with Crippen molar-refractivity contribution in [2.45, 2.75) is 46.0 Å². The highest BCUT2D eigenvalue weighted by Crippen LogP contribution is 2.26. The topological polar surface area (TPSA) is 42.0 Å². The number of hydrogen-bond acceptors (Lipinski definition) is 2. The highest BCUT2D eigenvalue weighted by Gasteiger charge is 2.20. The van der Waals surface area contributed by atoms with Crippen LogP contribution in [0.1, 0.15) is 48.9 Å². The fraction of sp³-hybridized carbons (Fsp3) is 0.280.